The molecule has 0 bridgehead atoms. The fourth-order valence-corrected chi connectivity index (χ4v) is 2.69. The summed E-state index contributed by atoms with van der Waals surface area (Å²) in [5, 5.41) is 0. The highest BCUT2D eigenvalue weighted by Gasteiger charge is 2.57. The summed E-state index contributed by atoms with van der Waals surface area (Å²) >= 11 is 6.15. The van der Waals surface area contributed by atoms with Gasteiger partial charge >= 0.3 is 0 Å². The zero-order valence-corrected chi connectivity index (χ0v) is 7.27. The van der Waals surface area contributed by atoms with Gasteiger partial charge < -0.3 is 0 Å². The number of ketones is 1. The summed E-state index contributed by atoms with van der Waals surface area (Å²) in [6.45, 7) is 1.96. The van der Waals surface area contributed by atoms with Crippen molar-refractivity contribution in [1.29, 1.82) is 0 Å². The van der Waals surface area contributed by atoms with Crippen molar-refractivity contribution in [3.63, 3.8) is 0 Å². The highest BCUT2D eigenvalue weighted by Crippen LogP contribution is 2.51. The van der Waals surface area contributed by atoms with Crippen LogP contribution in [0.15, 0.2) is 12.2 Å². The van der Waals surface area contributed by atoms with Gasteiger partial charge in [0, 0.05) is 11.8 Å². The van der Waals surface area contributed by atoms with E-state index in [1.807, 2.05) is 6.92 Å². The van der Waals surface area contributed by atoms with Crippen LogP contribution in [0.4, 0.5) is 0 Å². The molecule has 0 aromatic rings. The van der Waals surface area contributed by atoms with Gasteiger partial charge in [0.25, 0.3) is 0 Å². The zero-order valence-electron chi connectivity index (χ0n) is 6.51. The average Bonchev–Trinajstić information content (AvgIpc) is 2.04. The second-order valence-corrected chi connectivity index (χ2v) is 4.18. The molecule has 0 radical (unpaired) electrons. The van der Waals surface area contributed by atoms with E-state index in [9.17, 15) is 4.79 Å². The Hall–Kier alpha value is -0.300. The van der Waals surface area contributed by atoms with Gasteiger partial charge in [0.1, 0.15) is 4.87 Å². The Morgan fingerprint density at radius 2 is 2.45 bits per heavy atom. The maximum absolute atomic E-state index is 11.4. The number of Topliss-reactive ketones (excluding diaryl/α,β-unsaturated/α-hetero) is 1. The first-order valence-electron chi connectivity index (χ1n) is 4.06. The molecule has 0 amide bonds. The lowest BCUT2D eigenvalue weighted by atomic mass is 9.60. The quantitative estimate of drug-likeness (QED) is 0.402. The molecule has 60 valence electrons. The van der Waals surface area contributed by atoms with Crippen molar-refractivity contribution in [2.24, 2.45) is 11.8 Å². The highest BCUT2D eigenvalue weighted by molar-refractivity contribution is 6.38. The van der Waals surface area contributed by atoms with Crippen molar-refractivity contribution >= 4 is 17.4 Å². The SMILES string of the molecule is CC1C(=O)C2(Cl)CCC=CC12. The van der Waals surface area contributed by atoms with Gasteiger partial charge in [-0.3, -0.25) is 4.79 Å². The lowest BCUT2D eigenvalue weighted by Crippen LogP contribution is -2.58. The molecular formula is C9H11ClO. The third-order valence-corrected chi connectivity index (χ3v) is 3.54. The number of fused-ring (bicyclic) bond motifs is 1. The summed E-state index contributed by atoms with van der Waals surface area (Å²) in [6.07, 6.45) is 6.02. The monoisotopic (exact) mass is 170 g/mol. The standard InChI is InChI=1S/C9H11ClO/c1-6-7-4-2-3-5-9(7,10)8(6)11/h2,4,6-7H,3,5H2,1H3. The largest absolute Gasteiger partial charge is 0.297 e. The third kappa shape index (κ3) is 0.750. The second-order valence-electron chi connectivity index (χ2n) is 3.51. The molecule has 0 spiro atoms. The van der Waals surface area contributed by atoms with Crippen molar-refractivity contribution in [3.05, 3.63) is 12.2 Å². The maximum Gasteiger partial charge on any atom is 0.157 e. The van der Waals surface area contributed by atoms with Crippen LogP contribution in [0.2, 0.25) is 0 Å². The van der Waals surface area contributed by atoms with Gasteiger partial charge in [-0.25, -0.2) is 0 Å². The summed E-state index contributed by atoms with van der Waals surface area (Å²) in [6, 6.07) is 0. The summed E-state index contributed by atoms with van der Waals surface area (Å²) in [4.78, 5) is 10.8. The number of halogens is 1. The van der Waals surface area contributed by atoms with Crippen molar-refractivity contribution in [3.8, 4) is 0 Å². The molecular weight excluding hydrogens is 160 g/mol. The molecule has 0 aromatic heterocycles. The van der Waals surface area contributed by atoms with Gasteiger partial charge in [-0.1, -0.05) is 19.1 Å². The molecule has 2 aliphatic carbocycles. The first-order chi connectivity index (χ1) is 5.16. The Morgan fingerprint density at radius 3 is 3.09 bits per heavy atom. The molecule has 2 heteroatoms. The van der Waals surface area contributed by atoms with Gasteiger partial charge in [0.05, 0.1) is 0 Å². The van der Waals surface area contributed by atoms with Crippen LogP contribution in [0.3, 0.4) is 0 Å². The first kappa shape index (κ1) is 7.35. The molecule has 0 aromatic carbocycles. The number of hydrogen-bond donors (Lipinski definition) is 0. The molecule has 2 aliphatic rings. The van der Waals surface area contributed by atoms with Crippen molar-refractivity contribution in [2.75, 3.05) is 0 Å². The molecule has 0 N–H and O–H groups in total. The van der Waals surface area contributed by atoms with E-state index in [4.69, 9.17) is 11.6 Å². The maximum atomic E-state index is 11.4. The summed E-state index contributed by atoms with van der Waals surface area (Å²) in [7, 11) is 0. The summed E-state index contributed by atoms with van der Waals surface area (Å²) < 4.78 is 0. The van der Waals surface area contributed by atoms with Crippen LogP contribution in [0.25, 0.3) is 0 Å². The minimum atomic E-state index is -0.506. The predicted octanol–water partition coefficient (Wildman–Crippen LogP) is 2.15. The van der Waals surface area contributed by atoms with Crippen LogP contribution in [0, 0.1) is 11.8 Å². The van der Waals surface area contributed by atoms with Crippen molar-refractivity contribution in [1.82, 2.24) is 0 Å². The number of carbonyl (C=O) groups excluding carboxylic acids is 1. The van der Waals surface area contributed by atoms with Gasteiger partial charge in [0.2, 0.25) is 0 Å². The molecule has 1 fully saturated rings. The number of carbonyl (C=O) groups is 1. The van der Waals surface area contributed by atoms with E-state index in [0.29, 0.717) is 5.92 Å². The fourth-order valence-electron chi connectivity index (χ4n) is 2.15. The van der Waals surface area contributed by atoms with Crippen LogP contribution < -0.4 is 0 Å². The minimum absolute atomic E-state index is 0.157. The molecule has 11 heavy (non-hydrogen) atoms. The number of allylic oxidation sites excluding steroid dienone is 2. The second kappa shape index (κ2) is 2.10. The molecule has 0 aliphatic heterocycles. The normalized spacial score (nSPS) is 48.4. The average molecular weight is 171 g/mol. The summed E-state index contributed by atoms with van der Waals surface area (Å²) in [5.41, 5.74) is 0. The van der Waals surface area contributed by atoms with Gasteiger partial charge in [-0.2, -0.15) is 0 Å². The Bertz CT molecular complexity index is 234. The zero-order chi connectivity index (χ0) is 8.06. The van der Waals surface area contributed by atoms with E-state index < -0.39 is 4.87 Å². The van der Waals surface area contributed by atoms with E-state index in [0.717, 1.165) is 12.8 Å². The lowest BCUT2D eigenvalue weighted by Gasteiger charge is -2.48. The number of hydrogen-bond acceptors (Lipinski definition) is 1. The van der Waals surface area contributed by atoms with E-state index in [-0.39, 0.29) is 11.7 Å². The van der Waals surface area contributed by atoms with Gasteiger partial charge in [0.15, 0.2) is 5.78 Å². The smallest absolute Gasteiger partial charge is 0.157 e. The Balaban J connectivity index is 2.30. The minimum Gasteiger partial charge on any atom is -0.297 e. The van der Waals surface area contributed by atoms with Crippen molar-refractivity contribution < 1.29 is 4.79 Å². The molecule has 0 heterocycles. The van der Waals surface area contributed by atoms with Crippen LogP contribution in [-0.4, -0.2) is 10.7 Å². The number of alkyl halides is 1. The van der Waals surface area contributed by atoms with Gasteiger partial charge in [-0.05, 0) is 12.8 Å². The lowest BCUT2D eigenvalue weighted by molar-refractivity contribution is -0.137. The third-order valence-electron chi connectivity index (χ3n) is 2.91. The highest BCUT2D eigenvalue weighted by atomic mass is 35.5. The van der Waals surface area contributed by atoms with E-state index in [1.54, 1.807) is 0 Å². The molecule has 3 atom stereocenters. The number of rotatable bonds is 0. The van der Waals surface area contributed by atoms with E-state index in [2.05, 4.69) is 12.2 Å². The Labute approximate surface area is 71.4 Å². The fraction of sp³-hybridized carbons (Fsp3) is 0.667. The molecule has 1 nitrogen and oxygen atoms in total. The van der Waals surface area contributed by atoms with E-state index >= 15 is 0 Å². The predicted molar refractivity (Wildman–Crippen MR) is 44.6 cm³/mol. The van der Waals surface area contributed by atoms with Crippen LogP contribution in [0.1, 0.15) is 19.8 Å². The van der Waals surface area contributed by atoms with Crippen LogP contribution in [-0.2, 0) is 4.79 Å². The first-order valence-corrected chi connectivity index (χ1v) is 4.44. The summed E-state index contributed by atoms with van der Waals surface area (Å²) in [5.74, 6) is 0.711. The van der Waals surface area contributed by atoms with Crippen LogP contribution >= 0.6 is 11.6 Å². The van der Waals surface area contributed by atoms with E-state index in [1.165, 1.54) is 0 Å². The van der Waals surface area contributed by atoms with Crippen LogP contribution in [0.5, 0.6) is 0 Å². The topological polar surface area (TPSA) is 17.1 Å². The Morgan fingerprint density at radius 1 is 1.73 bits per heavy atom. The molecule has 2 rings (SSSR count). The van der Waals surface area contributed by atoms with Crippen molar-refractivity contribution in [2.45, 2.75) is 24.6 Å². The Kier molecular flexibility index (Phi) is 1.40. The molecule has 3 unspecified atom stereocenters. The molecule has 0 saturated heterocycles. The van der Waals surface area contributed by atoms with Gasteiger partial charge in [-0.15, -0.1) is 11.6 Å². The molecule has 1 saturated carbocycles.